The van der Waals surface area contributed by atoms with Crippen molar-refractivity contribution in [1.29, 1.82) is 0 Å². The SMILES string of the molecule is Cc1cccc2c1N=C1C(=Nc3c(C)cccc3C(C)C)c3ccccc3-c3cccc(c31)C2. The molecule has 0 radical (unpaired) electrons. The third-order valence-corrected chi connectivity index (χ3v) is 7.12. The fraction of sp³-hybridized carbons (Fsp3) is 0.188. The number of aliphatic imine (C=N–C) groups is 2. The molecule has 0 aromatic heterocycles. The molecular weight excluding hydrogens is 412 g/mol. The van der Waals surface area contributed by atoms with E-state index in [2.05, 4.69) is 107 Å². The van der Waals surface area contributed by atoms with Gasteiger partial charge in [-0.2, -0.15) is 0 Å². The maximum Gasteiger partial charge on any atom is 0.0981 e. The van der Waals surface area contributed by atoms with Crippen molar-refractivity contribution in [3.05, 3.63) is 118 Å². The Labute approximate surface area is 201 Å². The molecule has 6 rings (SSSR count). The van der Waals surface area contributed by atoms with E-state index in [9.17, 15) is 0 Å². The highest BCUT2D eigenvalue weighted by atomic mass is 14.8. The standard InChI is InChI=1S/C32H28N2/c1-19(2)24-16-8-11-21(4)30(24)34-31-27-15-6-5-14-25(27)26-17-9-12-22-18-23-13-7-10-20(3)29(23)33-32(31)28(22)26/h5-17,19H,18H2,1-4H3. The summed E-state index contributed by atoms with van der Waals surface area (Å²) in [7, 11) is 0. The van der Waals surface area contributed by atoms with E-state index in [4.69, 9.17) is 9.98 Å². The van der Waals surface area contributed by atoms with E-state index in [-0.39, 0.29) is 0 Å². The largest absolute Gasteiger partial charge is 0.246 e. The van der Waals surface area contributed by atoms with Crippen LogP contribution < -0.4 is 0 Å². The molecule has 4 aromatic carbocycles. The van der Waals surface area contributed by atoms with Crippen molar-refractivity contribution < 1.29 is 0 Å². The smallest absolute Gasteiger partial charge is 0.0981 e. The van der Waals surface area contributed by atoms with Crippen LogP contribution in [0, 0.1) is 13.8 Å². The van der Waals surface area contributed by atoms with Crippen molar-refractivity contribution in [2.45, 2.75) is 40.0 Å². The van der Waals surface area contributed by atoms with Gasteiger partial charge in [-0.15, -0.1) is 0 Å². The van der Waals surface area contributed by atoms with E-state index >= 15 is 0 Å². The van der Waals surface area contributed by atoms with Crippen LogP contribution in [-0.2, 0) is 6.42 Å². The summed E-state index contributed by atoms with van der Waals surface area (Å²) < 4.78 is 0. The molecule has 1 aliphatic carbocycles. The number of benzene rings is 4. The molecule has 2 nitrogen and oxygen atoms in total. The van der Waals surface area contributed by atoms with Gasteiger partial charge in [-0.3, -0.25) is 0 Å². The van der Waals surface area contributed by atoms with Crippen LogP contribution in [0.3, 0.4) is 0 Å². The summed E-state index contributed by atoms with van der Waals surface area (Å²) in [6.07, 6.45) is 0.879. The van der Waals surface area contributed by atoms with Gasteiger partial charge in [0, 0.05) is 17.5 Å². The third-order valence-electron chi connectivity index (χ3n) is 7.12. The van der Waals surface area contributed by atoms with Crippen molar-refractivity contribution in [2.75, 3.05) is 0 Å². The van der Waals surface area contributed by atoms with Gasteiger partial charge in [0.25, 0.3) is 0 Å². The molecule has 2 aliphatic rings. The number of hydrogen-bond acceptors (Lipinski definition) is 2. The predicted octanol–water partition coefficient (Wildman–Crippen LogP) is 8.25. The van der Waals surface area contributed by atoms with Gasteiger partial charge >= 0.3 is 0 Å². The van der Waals surface area contributed by atoms with Gasteiger partial charge in [-0.25, -0.2) is 9.98 Å². The van der Waals surface area contributed by atoms with Crippen LogP contribution in [0.1, 0.15) is 58.7 Å². The number of para-hydroxylation sites is 2. The van der Waals surface area contributed by atoms with Crippen LogP contribution in [-0.4, -0.2) is 11.4 Å². The summed E-state index contributed by atoms with van der Waals surface area (Å²) in [5.74, 6) is 0.389. The Balaban J connectivity index is 1.74. The molecule has 0 amide bonds. The van der Waals surface area contributed by atoms with Gasteiger partial charge in [-0.1, -0.05) is 92.7 Å². The zero-order chi connectivity index (χ0) is 23.4. The monoisotopic (exact) mass is 440 g/mol. The van der Waals surface area contributed by atoms with Gasteiger partial charge in [0.1, 0.15) is 0 Å². The van der Waals surface area contributed by atoms with E-state index in [1.807, 2.05) is 0 Å². The van der Waals surface area contributed by atoms with Gasteiger partial charge in [-0.05, 0) is 58.7 Å². The number of rotatable bonds is 2. The van der Waals surface area contributed by atoms with Crippen LogP contribution in [0.15, 0.2) is 88.8 Å². The molecular formula is C32H28N2. The minimum absolute atomic E-state index is 0.389. The molecule has 1 heterocycles. The highest BCUT2D eigenvalue weighted by Crippen LogP contribution is 2.42. The van der Waals surface area contributed by atoms with Crippen molar-refractivity contribution in [3.8, 4) is 11.1 Å². The van der Waals surface area contributed by atoms with Crippen LogP contribution >= 0.6 is 0 Å². The highest BCUT2D eigenvalue weighted by molar-refractivity contribution is 6.58. The fourth-order valence-electron chi connectivity index (χ4n) is 5.40. The van der Waals surface area contributed by atoms with E-state index in [1.165, 1.54) is 44.5 Å². The van der Waals surface area contributed by atoms with Crippen molar-refractivity contribution >= 4 is 22.8 Å². The molecule has 2 heteroatoms. The summed E-state index contributed by atoms with van der Waals surface area (Å²) >= 11 is 0. The number of nitrogens with zero attached hydrogens (tertiary/aromatic N) is 2. The first-order valence-corrected chi connectivity index (χ1v) is 12.1. The van der Waals surface area contributed by atoms with Gasteiger partial charge in [0.15, 0.2) is 0 Å². The summed E-state index contributed by atoms with van der Waals surface area (Å²) in [6.45, 7) is 8.80. The van der Waals surface area contributed by atoms with Crippen LogP contribution in [0.5, 0.6) is 0 Å². The molecule has 34 heavy (non-hydrogen) atoms. The van der Waals surface area contributed by atoms with E-state index < -0.39 is 0 Å². The first kappa shape index (κ1) is 20.8. The minimum atomic E-state index is 0.389. The third kappa shape index (κ3) is 3.17. The van der Waals surface area contributed by atoms with E-state index in [0.29, 0.717) is 5.92 Å². The predicted molar refractivity (Wildman–Crippen MR) is 144 cm³/mol. The Bertz CT molecular complexity index is 1520. The Morgan fingerprint density at radius 3 is 2.21 bits per heavy atom. The number of aryl methyl sites for hydroxylation is 2. The average Bonchev–Trinajstić information content (AvgIpc) is 3.01. The second-order valence-corrected chi connectivity index (χ2v) is 9.73. The Kier molecular flexibility index (Phi) is 4.84. The van der Waals surface area contributed by atoms with E-state index in [1.54, 1.807) is 0 Å². The molecule has 0 bridgehead atoms. The van der Waals surface area contributed by atoms with Crippen molar-refractivity contribution in [2.24, 2.45) is 9.98 Å². The normalized spacial score (nSPS) is 14.9. The summed E-state index contributed by atoms with van der Waals surface area (Å²) in [6, 6.07) is 28.4. The summed E-state index contributed by atoms with van der Waals surface area (Å²) in [5, 5.41) is 0. The lowest BCUT2D eigenvalue weighted by Gasteiger charge is -2.25. The lowest BCUT2D eigenvalue weighted by molar-refractivity contribution is 0.865. The van der Waals surface area contributed by atoms with Crippen molar-refractivity contribution in [3.63, 3.8) is 0 Å². The van der Waals surface area contributed by atoms with Crippen LogP contribution in [0.2, 0.25) is 0 Å². The topological polar surface area (TPSA) is 24.7 Å². The second-order valence-electron chi connectivity index (χ2n) is 9.73. The maximum atomic E-state index is 5.44. The van der Waals surface area contributed by atoms with Gasteiger partial charge < -0.3 is 0 Å². The second kappa shape index (κ2) is 7.92. The minimum Gasteiger partial charge on any atom is -0.246 e. The highest BCUT2D eigenvalue weighted by Gasteiger charge is 2.31. The Hall–Kier alpha value is -3.78. The molecule has 4 aromatic rings. The quantitative estimate of drug-likeness (QED) is 0.300. The molecule has 0 saturated carbocycles. The molecule has 166 valence electrons. The molecule has 1 aliphatic heterocycles. The molecule has 0 fully saturated rings. The number of fused-ring (bicyclic) bond motifs is 3. The fourth-order valence-corrected chi connectivity index (χ4v) is 5.40. The zero-order valence-corrected chi connectivity index (χ0v) is 20.2. The molecule has 0 spiro atoms. The Morgan fingerprint density at radius 1 is 0.706 bits per heavy atom. The summed E-state index contributed by atoms with van der Waals surface area (Å²) in [5.41, 5.74) is 15.3. The number of hydrogen-bond donors (Lipinski definition) is 0. The van der Waals surface area contributed by atoms with Crippen LogP contribution in [0.25, 0.3) is 11.1 Å². The first-order chi connectivity index (χ1) is 16.5. The first-order valence-electron chi connectivity index (χ1n) is 12.1. The van der Waals surface area contributed by atoms with Gasteiger partial charge in [0.05, 0.1) is 22.8 Å². The summed E-state index contributed by atoms with van der Waals surface area (Å²) in [4.78, 5) is 10.8. The molecule has 0 N–H and O–H groups in total. The molecule has 0 unspecified atom stereocenters. The zero-order valence-electron chi connectivity index (χ0n) is 20.2. The van der Waals surface area contributed by atoms with Crippen molar-refractivity contribution in [1.82, 2.24) is 0 Å². The van der Waals surface area contributed by atoms with Crippen LogP contribution in [0.4, 0.5) is 11.4 Å². The molecule has 0 saturated heterocycles. The lowest BCUT2D eigenvalue weighted by Crippen LogP contribution is -2.24. The van der Waals surface area contributed by atoms with E-state index in [0.717, 1.165) is 34.8 Å². The Morgan fingerprint density at radius 2 is 1.38 bits per heavy atom. The molecule has 0 atom stereocenters. The maximum absolute atomic E-state index is 5.44. The lowest BCUT2D eigenvalue weighted by atomic mass is 9.80. The average molecular weight is 441 g/mol. The van der Waals surface area contributed by atoms with Gasteiger partial charge in [0.2, 0.25) is 0 Å².